The first-order chi connectivity index (χ1) is 9.35. The second kappa shape index (κ2) is 6.22. The van der Waals surface area contributed by atoms with Gasteiger partial charge in [-0.15, -0.1) is 0 Å². The molecule has 1 fully saturated rings. The first-order valence-corrected chi connectivity index (χ1v) is 7.82. The third kappa shape index (κ3) is 4.28. The van der Waals surface area contributed by atoms with E-state index in [1.54, 1.807) is 6.07 Å². The summed E-state index contributed by atoms with van der Waals surface area (Å²) in [6.45, 7) is 5.30. The van der Waals surface area contributed by atoms with Gasteiger partial charge >= 0.3 is 0 Å². The lowest BCUT2D eigenvalue weighted by atomic mass is 9.75. The van der Waals surface area contributed by atoms with Crippen molar-refractivity contribution < 1.29 is 4.92 Å². The Labute approximate surface area is 128 Å². The van der Waals surface area contributed by atoms with E-state index in [-0.39, 0.29) is 10.6 Å². The minimum absolute atomic E-state index is 0.139. The summed E-state index contributed by atoms with van der Waals surface area (Å²) in [5, 5.41) is 14.4. The van der Waals surface area contributed by atoms with E-state index < -0.39 is 0 Å². The molecule has 20 heavy (non-hydrogen) atoms. The van der Waals surface area contributed by atoms with Crippen molar-refractivity contribution in [2.45, 2.75) is 52.1 Å². The smallest absolute Gasteiger partial charge is 0.270 e. The van der Waals surface area contributed by atoms with Crippen molar-refractivity contribution in [1.29, 1.82) is 0 Å². The molecule has 1 aliphatic rings. The van der Waals surface area contributed by atoms with Gasteiger partial charge in [0.1, 0.15) is 0 Å². The van der Waals surface area contributed by atoms with Gasteiger partial charge in [0.05, 0.1) is 4.92 Å². The summed E-state index contributed by atoms with van der Waals surface area (Å²) in [5.41, 5.74) is 1.49. The van der Waals surface area contributed by atoms with E-state index in [2.05, 4.69) is 35.1 Å². The third-order valence-electron chi connectivity index (χ3n) is 3.95. The molecule has 4 nitrogen and oxygen atoms in total. The number of nitrogens with one attached hydrogen (secondary N) is 1. The predicted molar refractivity (Wildman–Crippen MR) is 83.7 cm³/mol. The van der Waals surface area contributed by atoms with Crippen LogP contribution < -0.4 is 5.32 Å². The first kappa shape index (κ1) is 15.4. The van der Waals surface area contributed by atoms with E-state index in [0.29, 0.717) is 18.0 Å². The number of hydrogen-bond donors (Lipinski definition) is 1. The van der Waals surface area contributed by atoms with Crippen LogP contribution in [0.15, 0.2) is 22.7 Å². The summed E-state index contributed by atoms with van der Waals surface area (Å²) in [5.74, 6) is 0. The summed E-state index contributed by atoms with van der Waals surface area (Å²) in [6.07, 6.45) is 4.90. The van der Waals surface area contributed by atoms with Gasteiger partial charge < -0.3 is 5.32 Å². The van der Waals surface area contributed by atoms with Crippen LogP contribution in [-0.4, -0.2) is 11.0 Å². The zero-order valence-corrected chi connectivity index (χ0v) is 13.6. The predicted octanol–water partition coefficient (Wildman–Crippen LogP) is 4.42. The minimum Gasteiger partial charge on any atom is -0.310 e. The Morgan fingerprint density at radius 3 is 2.85 bits per heavy atom. The molecule has 0 radical (unpaired) electrons. The normalized spacial score (nSPS) is 21.6. The van der Waals surface area contributed by atoms with E-state index in [1.807, 2.05) is 6.07 Å². The molecule has 110 valence electrons. The van der Waals surface area contributed by atoms with Gasteiger partial charge in [-0.05, 0) is 36.3 Å². The Kier molecular flexibility index (Phi) is 4.81. The molecule has 1 aromatic rings. The van der Waals surface area contributed by atoms with Crippen molar-refractivity contribution in [3.63, 3.8) is 0 Å². The van der Waals surface area contributed by atoms with E-state index in [0.717, 1.165) is 10.0 Å². The Morgan fingerprint density at radius 2 is 2.20 bits per heavy atom. The second-order valence-corrected chi connectivity index (χ2v) is 7.33. The van der Waals surface area contributed by atoms with Crippen LogP contribution in [0.1, 0.15) is 45.1 Å². The van der Waals surface area contributed by atoms with Gasteiger partial charge in [-0.1, -0.05) is 36.2 Å². The summed E-state index contributed by atoms with van der Waals surface area (Å²) in [6, 6.07) is 5.63. The Bertz CT molecular complexity index is 503. The summed E-state index contributed by atoms with van der Waals surface area (Å²) in [7, 11) is 0. The van der Waals surface area contributed by atoms with Crippen molar-refractivity contribution in [2.24, 2.45) is 5.41 Å². The van der Waals surface area contributed by atoms with E-state index in [4.69, 9.17) is 0 Å². The van der Waals surface area contributed by atoms with Crippen LogP contribution in [0.5, 0.6) is 0 Å². The number of non-ortho nitro benzene ring substituents is 1. The SMILES string of the molecule is CC1(C)CCCC(NCc2cc(Br)cc([N+](=O)[O-])c2)C1. The molecule has 1 atom stereocenters. The number of rotatable bonds is 4. The molecule has 0 spiro atoms. The highest BCUT2D eigenvalue weighted by molar-refractivity contribution is 9.10. The Balaban J connectivity index is 1.98. The number of halogens is 1. The molecule has 1 aromatic carbocycles. The van der Waals surface area contributed by atoms with Crippen molar-refractivity contribution in [3.8, 4) is 0 Å². The van der Waals surface area contributed by atoms with E-state index >= 15 is 0 Å². The van der Waals surface area contributed by atoms with Crippen molar-refractivity contribution >= 4 is 21.6 Å². The van der Waals surface area contributed by atoms with Crippen molar-refractivity contribution in [2.75, 3.05) is 0 Å². The zero-order valence-electron chi connectivity index (χ0n) is 12.0. The number of nitro groups is 1. The number of nitrogens with zero attached hydrogens (tertiary/aromatic N) is 1. The van der Waals surface area contributed by atoms with Gasteiger partial charge in [-0.2, -0.15) is 0 Å². The molecule has 0 saturated heterocycles. The molecule has 5 heteroatoms. The highest BCUT2D eigenvalue weighted by atomic mass is 79.9. The summed E-state index contributed by atoms with van der Waals surface area (Å²) < 4.78 is 0.757. The quantitative estimate of drug-likeness (QED) is 0.652. The van der Waals surface area contributed by atoms with Crippen LogP contribution in [0, 0.1) is 15.5 Å². The molecule has 0 amide bonds. The molecule has 1 aliphatic carbocycles. The summed E-state index contributed by atoms with van der Waals surface area (Å²) in [4.78, 5) is 10.5. The molecular formula is C15H21BrN2O2. The highest BCUT2D eigenvalue weighted by Crippen LogP contribution is 2.35. The van der Waals surface area contributed by atoms with Crippen LogP contribution in [0.25, 0.3) is 0 Å². The molecule has 0 bridgehead atoms. The van der Waals surface area contributed by atoms with Crippen molar-refractivity contribution in [3.05, 3.63) is 38.3 Å². The number of hydrogen-bond acceptors (Lipinski definition) is 3. The van der Waals surface area contributed by atoms with Crippen LogP contribution in [0.3, 0.4) is 0 Å². The van der Waals surface area contributed by atoms with E-state index in [9.17, 15) is 10.1 Å². The van der Waals surface area contributed by atoms with Gasteiger partial charge in [0.2, 0.25) is 0 Å². The lowest BCUT2D eigenvalue weighted by Gasteiger charge is -2.35. The topological polar surface area (TPSA) is 55.2 Å². The molecule has 1 saturated carbocycles. The Hall–Kier alpha value is -0.940. The lowest BCUT2D eigenvalue weighted by Crippen LogP contribution is -2.36. The van der Waals surface area contributed by atoms with Gasteiger partial charge in [0, 0.05) is 29.2 Å². The second-order valence-electron chi connectivity index (χ2n) is 6.41. The number of nitro benzene ring substituents is 1. The monoisotopic (exact) mass is 340 g/mol. The molecule has 2 rings (SSSR count). The standard InChI is InChI=1S/C15H21BrN2O2/c1-15(2)5-3-4-13(9-15)17-10-11-6-12(16)8-14(7-11)18(19)20/h6-8,13,17H,3-5,9-10H2,1-2H3. The maximum absolute atomic E-state index is 10.9. The first-order valence-electron chi connectivity index (χ1n) is 7.03. The molecule has 0 aliphatic heterocycles. The molecule has 1 unspecified atom stereocenters. The van der Waals surface area contributed by atoms with Crippen LogP contribution >= 0.6 is 15.9 Å². The van der Waals surface area contributed by atoms with Gasteiger partial charge in [0.25, 0.3) is 5.69 Å². The van der Waals surface area contributed by atoms with Gasteiger partial charge in [-0.25, -0.2) is 0 Å². The fourth-order valence-corrected chi connectivity index (χ4v) is 3.50. The van der Waals surface area contributed by atoms with E-state index in [1.165, 1.54) is 31.7 Å². The molecule has 1 N–H and O–H groups in total. The van der Waals surface area contributed by atoms with Crippen molar-refractivity contribution in [1.82, 2.24) is 5.32 Å². The fourth-order valence-electron chi connectivity index (χ4n) is 2.98. The lowest BCUT2D eigenvalue weighted by molar-refractivity contribution is -0.385. The van der Waals surface area contributed by atoms with Gasteiger partial charge in [-0.3, -0.25) is 10.1 Å². The Morgan fingerprint density at radius 1 is 1.45 bits per heavy atom. The maximum atomic E-state index is 10.9. The van der Waals surface area contributed by atoms with Crippen LogP contribution in [0.4, 0.5) is 5.69 Å². The van der Waals surface area contributed by atoms with Crippen LogP contribution in [0.2, 0.25) is 0 Å². The highest BCUT2D eigenvalue weighted by Gasteiger charge is 2.27. The molecule has 0 heterocycles. The largest absolute Gasteiger partial charge is 0.310 e. The van der Waals surface area contributed by atoms with Crippen LogP contribution in [-0.2, 0) is 6.54 Å². The zero-order chi connectivity index (χ0) is 14.8. The number of benzene rings is 1. The van der Waals surface area contributed by atoms with Gasteiger partial charge in [0.15, 0.2) is 0 Å². The molecule has 0 aromatic heterocycles. The molecular weight excluding hydrogens is 320 g/mol. The maximum Gasteiger partial charge on any atom is 0.270 e. The average Bonchev–Trinajstić information content (AvgIpc) is 2.34. The fraction of sp³-hybridized carbons (Fsp3) is 0.600. The minimum atomic E-state index is -0.349. The third-order valence-corrected chi connectivity index (χ3v) is 4.41. The summed E-state index contributed by atoms with van der Waals surface area (Å²) >= 11 is 3.33. The average molecular weight is 341 g/mol.